The summed E-state index contributed by atoms with van der Waals surface area (Å²) in [6.07, 6.45) is 1.17. The lowest BCUT2D eigenvalue weighted by Crippen LogP contribution is -2.05. The Bertz CT molecular complexity index is 910. The molecular weight excluding hydrogens is 262 g/mol. The molecule has 0 N–H and O–H groups in total. The highest BCUT2D eigenvalue weighted by Crippen LogP contribution is 2.25. The van der Waals surface area contributed by atoms with Gasteiger partial charge in [0.1, 0.15) is 0 Å². The van der Waals surface area contributed by atoms with E-state index in [0.717, 1.165) is 22.1 Å². The van der Waals surface area contributed by atoms with E-state index in [2.05, 4.69) is 9.97 Å². The molecule has 98 valence electrons. The first-order valence-electron chi connectivity index (χ1n) is 5.81. The molecule has 3 rings (SSSR count). The highest BCUT2D eigenvalue weighted by atomic mass is 32.2. The lowest BCUT2D eigenvalue weighted by atomic mass is 10.1. The Balaban J connectivity index is 2.50. The normalized spacial score (nSPS) is 12.4. The molecule has 0 aliphatic heterocycles. The highest BCUT2D eigenvalue weighted by molar-refractivity contribution is 7.90. The van der Waals surface area contributed by atoms with Crippen LogP contribution in [0.25, 0.3) is 21.9 Å². The van der Waals surface area contributed by atoms with E-state index < -0.39 is 9.84 Å². The lowest BCUT2D eigenvalue weighted by molar-refractivity contribution is 0.587. The van der Waals surface area contributed by atoms with Crippen LogP contribution in [0.5, 0.6) is 0 Å². The molecule has 0 radical (unpaired) electrons. The maximum absolute atomic E-state index is 11.7. The third kappa shape index (κ3) is 1.79. The van der Waals surface area contributed by atoms with Crippen molar-refractivity contribution < 1.29 is 8.42 Å². The number of rotatable bonds is 1. The van der Waals surface area contributed by atoms with Gasteiger partial charge in [0.15, 0.2) is 0 Å². The summed E-state index contributed by atoms with van der Waals surface area (Å²) in [5, 5.41) is 0.948. The van der Waals surface area contributed by atoms with Gasteiger partial charge in [0.2, 0.25) is 15.0 Å². The van der Waals surface area contributed by atoms with Gasteiger partial charge in [-0.2, -0.15) is 0 Å². The Morgan fingerprint density at radius 1 is 1.11 bits per heavy atom. The van der Waals surface area contributed by atoms with Gasteiger partial charge in [-0.25, -0.2) is 13.4 Å². The molecule has 3 aromatic rings. The Morgan fingerprint density at radius 2 is 1.84 bits per heavy atom. The van der Waals surface area contributed by atoms with Crippen LogP contribution in [-0.2, 0) is 16.9 Å². The van der Waals surface area contributed by atoms with Gasteiger partial charge in [0, 0.05) is 24.4 Å². The van der Waals surface area contributed by atoms with Crippen molar-refractivity contribution in [1.82, 2.24) is 14.5 Å². The van der Waals surface area contributed by atoms with Crippen LogP contribution in [0.2, 0.25) is 0 Å². The van der Waals surface area contributed by atoms with E-state index in [9.17, 15) is 8.42 Å². The third-order valence-electron chi connectivity index (χ3n) is 3.15. The van der Waals surface area contributed by atoms with Crippen LogP contribution in [0.15, 0.2) is 29.4 Å². The van der Waals surface area contributed by atoms with Crippen LogP contribution in [0.3, 0.4) is 0 Å². The van der Waals surface area contributed by atoms with Gasteiger partial charge in [-0.05, 0) is 31.2 Å². The zero-order valence-electron chi connectivity index (χ0n) is 10.9. The second kappa shape index (κ2) is 3.77. The van der Waals surface area contributed by atoms with Crippen molar-refractivity contribution in [2.45, 2.75) is 12.1 Å². The van der Waals surface area contributed by atoms with E-state index >= 15 is 0 Å². The van der Waals surface area contributed by atoms with Crippen LogP contribution in [0.1, 0.15) is 5.69 Å². The van der Waals surface area contributed by atoms with Crippen molar-refractivity contribution in [2.24, 2.45) is 7.05 Å². The van der Waals surface area contributed by atoms with Crippen LogP contribution in [0.4, 0.5) is 0 Å². The molecule has 0 fully saturated rings. The summed E-state index contributed by atoms with van der Waals surface area (Å²) in [6.45, 7) is 1.92. The molecule has 6 heteroatoms. The summed E-state index contributed by atoms with van der Waals surface area (Å²) in [4.78, 5) is 8.70. The molecule has 0 unspecified atom stereocenters. The number of benzene rings is 1. The number of pyridine rings is 1. The van der Waals surface area contributed by atoms with Crippen molar-refractivity contribution >= 4 is 31.8 Å². The fraction of sp³-hybridized carbons (Fsp3) is 0.231. The van der Waals surface area contributed by atoms with Crippen molar-refractivity contribution in [3.8, 4) is 0 Å². The number of hydrogen-bond acceptors (Lipinski definition) is 4. The van der Waals surface area contributed by atoms with Gasteiger partial charge in [-0.15, -0.1) is 0 Å². The smallest absolute Gasteiger partial charge is 0.228 e. The average molecular weight is 275 g/mol. The molecule has 0 aliphatic rings. The zero-order chi connectivity index (χ0) is 13.8. The monoisotopic (exact) mass is 275 g/mol. The van der Waals surface area contributed by atoms with Crippen molar-refractivity contribution in [3.63, 3.8) is 0 Å². The Labute approximate surface area is 110 Å². The number of nitrogens with zero attached hydrogens (tertiary/aromatic N) is 3. The summed E-state index contributed by atoms with van der Waals surface area (Å²) in [5.41, 5.74) is 3.21. The molecule has 0 aliphatic carbocycles. The lowest BCUT2D eigenvalue weighted by Gasteiger charge is -2.01. The van der Waals surface area contributed by atoms with Crippen molar-refractivity contribution in [3.05, 3.63) is 30.0 Å². The molecule has 0 atom stereocenters. The van der Waals surface area contributed by atoms with Gasteiger partial charge in [-0.3, -0.25) is 4.98 Å². The van der Waals surface area contributed by atoms with Crippen LogP contribution in [-0.4, -0.2) is 29.2 Å². The molecule has 0 saturated carbocycles. The number of aromatic nitrogens is 3. The predicted octanol–water partition coefficient (Wildman–Crippen LogP) is 1.83. The quantitative estimate of drug-likeness (QED) is 0.679. The standard InChI is InChI=1S/C13H13N3O2S/c1-8-4-5-9-10(14-8)6-7-11-12(9)15-13(16(11)2)19(3,17)18/h4-7H,1-3H3. The summed E-state index contributed by atoms with van der Waals surface area (Å²) < 4.78 is 25.0. The molecule has 0 amide bonds. The Kier molecular flexibility index (Phi) is 2.40. The number of fused-ring (bicyclic) bond motifs is 3. The van der Waals surface area contributed by atoms with E-state index in [4.69, 9.17) is 0 Å². The fourth-order valence-corrected chi connectivity index (χ4v) is 3.13. The Morgan fingerprint density at radius 3 is 2.53 bits per heavy atom. The average Bonchev–Trinajstić information content (AvgIpc) is 2.66. The van der Waals surface area contributed by atoms with E-state index in [1.54, 1.807) is 11.6 Å². The predicted molar refractivity (Wildman–Crippen MR) is 73.9 cm³/mol. The number of aryl methyl sites for hydroxylation is 2. The maximum Gasteiger partial charge on any atom is 0.228 e. The Hall–Kier alpha value is -1.95. The first kappa shape index (κ1) is 12.1. The van der Waals surface area contributed by atoms with Crippen LogP contribution < -0.4 is 0 Å². The maximum atomic E-state index is 11.7. The van der Waals surface area contributed by atoms with Crippen LogP contribution >= 0.6 is 0 Å². The molecule has 0 spiro atoms. The van der Waals surface area contributed by atoms with Gasteiger partial charge in [-0.1, -0.05) is 0 Å². The topological polar surface area (TPSA) is 64.8 Å². The minimum absolute atomic E-state index is 0.0792. The summed E-state index contributed by atoms with van der Waals surface area (Å²) in [7, 11) is -1.63. The second-order valence-corrected chi connectivity index (χ2v) is 6.59. The van der Waals surface area contributed by atoms with Crippen LogP contribution in [0, 0.1) is 6.92 Å². The van der Waals surface area contributed by atoms with Gasteiger partial charge in [0.05, 0.1) is 16.6 Å². The first-order valence-corrected chi connectivity index (χ1v) is 7.70. The minimum Gasteiger partial charge on any atom is -0.318 e. The summed E-state index contributed by atoms with van der Waals surface area (Å²) >= 11 is 0. The summed E-state index contributed by atoms with van der Waals surface area (Å²) in [6, 6.07) is 7.57. The van der Waals surface area contributed by atoms with E-state index in [0.29, 0.717) is 5.52 Å². The molecule has 5 nitrogen and oxygen atoms in total. The molecule has 2 heterocycles. The second-order valence-electron chi connectivity index (χ2n) is 4.68. The number of hydrogen-bond donors (Lipinski definition) is 0. The minimum atomic E-state index is -3.34. The number of sulfone groups is 1. The van der Waals surface area contributed by atoms with Gasteiger partial charge in [0.25, 0.3) is 0 Å². The van der Waals surface area contributed by atoms with Gasteiger partial charge >= 0.3 is 0 Å². The summed E-state index contributed by atoms with van der Waals surface area (Å²) in [5.74, 6) is 0. The molecule has 0 bridgehead atoms. The SMILES string of the molecule is Cc1ccc2c(ccc3c2nc(S(C)(=O)=O)n3C)n1. The molecule has 0 saturated heterocycles. The molecular formula is C13H13N3O2S. The fourth-order valence-electron chi connectivity index (χ4n) is 2.27. The third-order valence-corrected chi connectivity index (χ3v) is 4.18. The molecule has 1 aromatic carbocycles. The van der Waals surface area contributed by atoms with E-state index in [1.165, 1.54) is 6.26 Å². The largest absolute Gasteiger partial charge is 0.318 e. The van der Waals surface area contributed by atoms with Crippen molar-refractivity contribution in [1.29, 1.82) is 0 Å². The molecule has 2 aromatic heterocycles. The highest BCUT2D eigenvalue weighted by Gasteiger charge is 2.18. The molecule has 19 heavy (non-hydrogen) atoms. The van der Waals surface area contributed by atoms with E-state index in [-0.39, 0.29) is 5.16 Å². The number of imidazole rings is 1. The zero-order valence-corrected chi connectivity index (χ0v) is 11.7. The van der Waals surface area contributed by atoms with Crippen molar-refractivity contribution in [2.75, 3.05) is 6.26 Å². The van der Waals surface area contributed by atoms with Gasteiger partial charge < -0.3 is 4.57 Å². The van der Waals surface area contributed by atoms with E-state index in [1.807, 2.05) is 31.2 Å². The first-order chi connectivity index (χ1) is 8.88.